The molecule has 3 rings (SSSR count). The molecule has 0 saturated carbocycles. The summed E-state index contributed by atoms with van der Waals surface area (Å²) >= 11 is 0. The topological polar surface area (TPSA) is 69.2 Å². The van der Waals surface area contributed by atoms with Crippen LogP contribution in [0.2, 0.25) is 0 Å². The highest BCUT2D eigenvalue weighted by Crippen LogP contribution is 2.37. The molecule has 2 aromatic carbocycles. The standard InChI is InChI=1S/C17H18N2O2/c18-17-14(11-13-6-1-3-7-15(13)17)10-9-12-5-2-4-8-16(12)19(20)21/h1-8,14,17H,9-11,18H2. The third-order valence-electron chi connectivity index (χ3n) is 4.38. The summed E-state index contributed by atoms with van der Waals surface area (Å²) in [4.78, 5) is 10.7. The summed E-state index contributed by atoms with van der Waals surface area (Å²) in [6, 6.07) is 15.3. The van der Waals surface area contributed by atoms with Crippen LogP contribution in [-0.2, 0) is 12.8 Å². The number of hydrogen-bond donors (Lipinski definition) is 1. The number of fused-ring (bicyclic) bond motifs is 1. The molecule has 0 saturated heterocycles. The minimum atomic E-state index is -0.307. The van der Waals surface area contributed by atoms with E-state index in [1.54, 1.807) is 12.1 Å². The van der Waals surface area contributed by atoms with E-state index in [1.165, 1.54) is 11.1 Å². The van der Waals surface area contributed by atoms with E-state index < -0.39 is 0 Å². The zero-order chi connectivity index (χ0) is 14.8. The molecule has 0 heterocycles. The van der Waals surface area contributed by atoms with Crippen molar-refractivity contribution < 1.29 is 4.92 Å². The van der Waals surface area contributed by atoms with Crippen molar-refractivity contribution in [2.24, 2.45) is 11.7 Å². The molecule has 108 valence electrons. The fourth-order valence-corrected chi connectivity index (χ4v) is 3.23. The Morgan fingerprint density at radius 3 is 2.62 bits per heavy atom. The highest BCUT2D eigenvalue weighted by molar-refractivity contribution is 5.40. The predicted molar refractivity (Wildman–Crippen MR) is 82.0 cm³/mol. The summed E-state index contributed by atoms with van der Waals surface area (Å²) < 4.78 is 0. The van der Waals surface area contributed by atoms with Gasteiger partial charge < -0.3 is 5.73 Å². The molecular weight excluding hydrogens is 264 g/mol. The van der Waals surface area contributed by atoms with E-state index >= 15 is 0 Å². The van der Waals surface area contributed by atoms with Crippen LogP contribution in [0, 0.1) is 16.0 Å². The summed E-state index contributed by atoms with van der Waals surface area (Å²) in [5.74, 6) is 0.363. The fraction of sp³-hybridized carbons (Fsp3) is 0.294. The molecule has 0 aliphatic heterocycles. The molecular formula is C17H18N2O2. The van der Waals surface area contributed by atoms with Gasteiger partial charge in [0, 0.05) is 17.7 Å². The Balaban J connectivity index is 1.72. The minimum absolute atomic E-state index is 0.0453. The minimum Gasteiger partial charge on any atom is -0.324 e. The van der Waals surface area contributed by atoms with Crippen molar-refractivity contribution in [3.05, 3.63) is 75.3 Å². The summed E-state index contributed by atoms with van der Waals surface area (Å²) in [7, 11) is 0. The van der Waals surface area contributed by atoms with Crippen LogP contribution in [-0.4, -0.2) is 4.92 Å². The summed E-state index contributed by atoms with van der Waals surface area (Å²) in [5.41, 5.74) is 9.87. The zero-order valence-corrected chi connectivity index (χ0v) is 11.7. The Kier molecular flexibility index (Phi) is 3.71. The molecule has 0 fully saturated rings. The quantitative estimate of drug-likeness (QED) is 0.690. The second-order valence-corrected chi connectivity index (χ2v) is 5.61. The Labute approximate surface area is 123 Å². The van der Waals surface area contributed by atoms with Gasteiger partial charge in [-0.1, -0.05) is 42.5 Å². The van der Waals surface area contributed by atoms with E-state index in [0.29, 0.717) is 12.3 Å². The van der Waals surface area contributed by atoms with Crippen molar-refractivity contribution in [3.63, 3.8) is 0 Å². The van der Waals surface area contributed by atoms with E-state index in [1.807, 2.05) is 24.3 Å². The van der Waals surface area contributed by atoms with Gasteiger partial charge in [-0.3, -0.25) is 10.1 Å². The number of para-hydroxylation sites is 1. The number of hydrogen-bond acceptors (Lipinski definition) is 3. The second kappa shape index (κ2) is 5.66. The lowest BCUT2D eigenvalue weighted by Gasteiger charge is -2.15. The Morgan fingerprint density at radius 2 is 1.86 bits per heavy atom. The van der Waals surface area contributed by atoms with Gasteiger partial charge in [-0.25, -0.2) is 0 Å². The van der Waals surface area contributed by atoms with Gasteiger partial charge in [0.25, 0.3) is 5.69 Å². The zero-order valence-electron chi connectivity index (χ0n) is 11.7. The molecule has 4 heteroatoms. The van der Waals surface area contributed by atoms with Gasteiger partial charge in [0.05, 0.1) is 4.92 Å². The molecule has 0 amide bonds. The van der Waals surface area contributed by atoms with Crippen molar-refractivity contribution in [3.8, 4) is 0 Å². The van der Waals surface area contributed by atoms with Crippen LogP contribution in [0.1, 0.15) is 29.2 Å². The molecule has 21 heavy (non-hydrogen) atoms. The highest BCUT2D eigenvalue weighted by Gasteiger charge is 2.29. The lowest BCUT2D eigenvalue weighted by Crippen LogP contribution is -2.17. The van der Waals surface area contributed by atoms with Crippen LogP contribution < -0.4 is 5.73 Å². The summed E-state index contributed by atoms with van der Waals surface area (Å²) in [5, 5.41) is 11.0. The molecule has 2 aromatic rings. The van der Waals surface area contributed by atoms with Gasteiger partial charge in [0.2, 0.25) is 0 Å². The predicted octanol–water partition coefficient (Wildman–Crippen LogP) is 3.40. The Hall–Kier alpha value is -2.20. The molecule has 2 atom stereocenters. The first-order valence-electron chi connectivity index (χ1n) is 7.22. The molecule has 4 nitrogen and oxygen atoms in total. The Bertz CT molecular complexity index is 669. The van der Waals surface area contributed by atoms with E-state index in [0.717, 1.165) is 18.4 Å². The number of nitro benzene ring substituents is 1. The van der Waals surface area contributed by atoms with Crippen LogP contribution in [0.5, 0.6) is 0 Å². The fourth-order valence-electron chi connectivity index (χ4n) is 3.23. The SMILES string of the molecule is NC1c2ccccc2CC1CCc1ccccc1[N+](=O)[O-]. The van der Waals surface area contributed by atoms with Gasteiger partial charge in [0.1, 0.15) is 0 Å². The summed E-state index contributed by atoms with van der Waals surface area (Å²) in [6.45, 7) is 0. The van der Waals surface area contributed by atoms with Crippen LogP contribution >= 0.6 is 0 Å². The lowest BCUT2D eigenvalue weighted by atomic mass is 9.93. The maximum Gasteiger partial charge on any atom is 0.272 e. The van der Waals surface area contributed by atoms with Crippen molar-refractivity contribution in [2.75, 3.05) is 0 Å². The molecule has 0 aromatic heterocycles. The van der Waals surface area contributed by atoms with Crippen molar-refractivity contribution in [1.82, 2.24) is 0 Å². The third-order valence-corrected chi connectivity index (χ3v) is 4.38. The smallest absolute Gasteiger partial charge is 0.272 e. The molecule has 0 bridgehead atoms. The molecule has 2 N–H and O–H groups in total. The largest absolute Gasteiger partial charge is 0.324 e. The van der Waals surface area contributed by atoms with Crippen LogP contribution in [0.25, 0.3) is 0 Å². The monoisotopic (exact) mass is 282 g/mol. The number of benzene rings is 2. The normalized spacial score (nSPS) is 20.2. The maximum absolute atomic E-state index is 11.0. The van der Waals surface area contributed by atoms with E-state index in [-0.39, 0.29) is 16.7 Å². The molecule has 1 aliphatic rings. The first kappa shape index (κ1) is 13.8. The van der Waals surface area contributed by atoms with Crippen molar-refractivity contribution in [2.45, 2.75) is 25.3 Å². The van der Waals surface area contributed by atoms with Crippen LogP contribution in [0.15, 0.2) is 48.5 Å². The summed E-state index contributed by atoms with van der Waals surface area (Å²) in [6.07, 6.45) is 2.54. The first-order chi connectivity index (χ1) is 10.2. The van der Waals surface area contributed by atoms with Crippen LogP contribution in [0.3, 0.4) is 0 Å². The number of aryl methyl sites for hydroxylation is 1. The van der Waals surface area contributed by atoms with Gasteiger partial charge >= 0.3 is 0 Å². The number of nitrogens with two attached hydrogens (primary N) is 1. The molecule has 2 unspecified atom stereocenters. The van der Waals surface area contributed by atoms with Crippen LogP contribution in [0.4, 0.5) is 5.69 Å². The highest BCUT2D eigenvalue weighted by atomic mass is 16.6. The average Bonchev–Trinajstić information content (AvgIpc) is 2.82. The van der Waals surface area contributed by atoms with E-state index in [2.05, 4.69) is 12.1 Å². The van der Waals surface area contributed by atoms with E-state index in [4.69, 9.17) is 5.73 Å². The van der Waals surface area contributed by atoms with Gasteiger partial charge in [-0.2, -0.15) is 0 Å². The molecule has 0 radical (unpaired) electrons. The van der Waals surface area contributed by atoms with Gasteiger partial charge in [0.15, 0.2) is 0 Å². The first-order valence-corrected chi connectivity index (χ1v) is 7.22. The molecule has 1 aliphatic carbocycles. The van der Waals surface area contributed by atoms with Gasteiger partial charge in [-0.15, -0.1) is 0 Å². The Morgan fingerprint density at radius 1 is 1.14 bits per heavy atom. The average molecular weight is 282 g/mol. The van der Waals surface area contributed by atoms with E-state index in [9.17, 15) is 10.1 Å². The number of nitrogens with zero attached hydrogens (tertiary/aromatic N) is 1. The lowest BCUT2D eigenvalue weighted by molar-refractivity contribution is -0.385. The third kappa shape index (κ3) is 2.67. The molecule has 0 spiro atoms. The number of nitro groups is 1. The number of rotatable bonds is 4. The second-order valence-electron chi connectivity index (χ2n) is 5.61. The van der Waals surface area contributed by atoms with Gasteiger partial charge in [-0.05, 0) is 36.3 Å². The maximum atomic E-state index is 11.0. The van der Waals surface area contributed by atoms with Crippen molar-refractivity contribution >= 4 is 5.69 Å². The van der Waals surface area contributed by atoms with Crippen molar-refractivity contribution in [1.29, 1.82) is 0 Å².